The van der Waals surface area contributed by atoms with E-state index in [2.05, 4.69) is 10.1 Å². The van der Waals surface area contributed by atoms with Gasteiger partial charge < -0.3 is 20.9 Å². The molecule has 2 atom stereocenters. The number of esters is 1. The fraction of sp³-hybridized carbons (Fsp3) is 0.400. The van der Waals surface area contributed by atoms with Crippen molar-refractivity contribution in [2.24, 2.45) is 5.73 Å². The zero-order valence-electron chi connectivity index (χ0n) is 13.2. The Balaban J connectivity index is 2.80. The van der Waals surface area contributed by atoms with Crippen molar-refractivity contribution in [2.45, 2.75) is 31.7 Å². The van der Waals surface area contributed by atoms with Crippen LogP contribution in [0.15, 0.2) is 24.3 Å². The normalized spacial score (nSPS) is 13.6. The number of hydrogen-bond donors (Lipinski definition) is 3. The summed E-state index contributed by atoms with van der Waals surface area (Å²) in [6.07, 6.45) is -6.93. The number of aliphatic hydroxyl groups excluding tert-OH is 1. The predicted octanol–water partition coefficient (Wildman–Crippen LogP) is 0.662. The molecular formula is C15H17F3N2O5. The Labute approximate surface area is 140 Å². The predicted molar refractivity (Wildman–Crippen MR) is 78.8 cm³/mol. The van der Waals surface area contributed by atoms with Gasteiger partial charge >= 0.3 is 12.1 Å². The molecule has 138 valence electrons. The van der Waals surface area contributed by atoms with Gasteiger partial charge in [0.2, 0.25) is 5.91 Å². The van der Waals surface area contributed by atoms with Crippen molar-refractivity contribution in [1.82, 2.24) is 5.32 Å². The number of benzene rings is 1. The van der Waals surface area contributed by atoms with Crippen LogP contribution in [0, 0.1) is 0 Å². The van der Waals surface area contributed by atoms with Crippen LogP contribution < -0.4 is 11.1 Å². The highest BCUT2D eigenvalue weighted by atomic mass is 19.4. The minimum Gasteiger partial charge on any atom is -0.466 e. The van der Waals surface area contributed by atoms with E-state index in [0.717, 1.165) is 12.1 Å². The van der Waals surface area contributed by atoms with E-state index in [0.29, 0.717) is 12.1 Å². The quantitative estimate of drug-likeness (QED) is 0.616. The lowest BCUT2D eigenvalue weighted by atomic mass is 10.1. The molecule has 1 aromatic rings. The molecular weight excluding hydrogens is 345 g/mol. The molecule has 0 saturated carbocycles. The molecule has 1 aromatic carbocycles. The summed E-state index contributed by atoms with van der Waals surface area (Å²) in [4.78, 5) is 34.6. The number of hydrogen-bond acceptors (Lipinski definition) is 5. The monoisotopic (exact) mass is 362 g/mol. The second-order valence-electron chi connectivity index (χ2n) is 4.99. The summed E-state index contributed by atoms with van der Waals surface area (Å²) >= 11 is 0. The van der Waals surface area contributed by atoms with Gasteiger partial charge in [0.1, 0.15) is 6.04 Å². The number of aliphatic hydroxyl groups is 1. The van der Waals surface area contributed by atoms with E-state index in [-0.39, 0.29) is 12.2 Å². The molecule has 0 aromatic heterocycles. The Hall–Kier alpha value is -2.62. The largest absolute Gasteiger partial charge is 0.466 e. The first-order valence-electron chi connectivity index (χ1n) is 7.16. The van der Waals surface area contributed by atoms with Crippen LogP contribution in [0.1, 0.15) is 30.6 Å². The maximum atomic E-state index is 12.5. The van der Waals surface area contributed by atoms with Gasteiger partial charge in [-0.15, -0.1) is 0 Å². The van der Waals surface area contributed by atoms with Crippen molar-refractivity contribution in [3.63, 3.8) is 0 Å². The van der Waals surface area contributed by atoms with Gasteiger partial charge in [-0.3, -0.25) is 14.4 Å². The number of nitrogens with one attached hydrogen (secondary N) is 1. The minimum absolute atomic E-state index is 0.0619. The fourth-order valence-corrected chi connectivity index (χ4v) is 1.87. The van der Waals surface area contributed by atoms with Crippen molar-refractivity contribution >= 4 is 17.8 Å². The van der Waals surface area contributed by atoms with Crippen LogP contribution in [0.2, 0.25) is 0 Å². The molecule has 1 rings (SSSR count). The molecule has 10 heteroatoms. The van der Waals surface area contributed by atoms with Gasteiger partial charge in [0.05, 0.1) is 18.6 Å². The van der Waals surface area contributed by atoms with Gasteiger partial charge in [0.25, 0.3) is 5.91 Å². The highest BCUT2D eigenvalue weighted by Gasteiger charge is 2.31. The molecule has 0 spiro atoms. The van der Waals surface area contributed by atoms with Crippen LogP contribution >= 0.6 is 0 Å². The number of carbonyl (C=O) groups is 3. The number of amides is 2. The van der Waals surface area contributed by atoms with Gasteiger partial charge in [0.15, 0.2) is 6.10 Å². The van der Waals surface area contributed by atoms with Gasteiger partial charge in [-0.05, 0) is 24.6 Å². The lowest BCUT2D eigenvalue weighted by Gasteiger charge is -2.18. The maximum Gasteiger partial charge on any atom is 0.416 e. The zero-order chi connectivity index (χ0) is 19.2. The molecule has 0 bridgehead atoms. The second-order valence-corrected chi connectivity index (χ2v) is 4.99. The third-order valence-electron chi connectivity index (χ3n) is 3.14. The molecule has 0 aliphatic carbocycles. The topological polar surface area (TPSA) is 119 Å². The SMILES string of the molecule is CCOC(=O)C[C@H](NC(=O)[C@@H](O)c1ccc(C(F)(F)F)cc1)C(N)=O. The summed E-state index contributed by atoms with van der Waals surface area (Å²) in [6.45, 7) is 1.61. The second kappa shape index (κ2) is 8.47. The zero-order valence-corrected chi connectivity index (χ0v) is 13.2. The highest BCUT2D eigenvalue weighted by Crippen LogP contribution is 2.29. The number of primary amides is 1. The van der Waals surface area contributed by atoms with E-state index in [1.54, 1.807) is 6.92 Å². The first-order chi connectivity index (χ1) is 11.6. The Morgan fingerprint density at radius 2 is 1.80 bits per heavy atom. The average molecular weight is 362 g/mol. The van der Waals surface area contributed by atoms with E-state index in [1.807, 2.05) is 0 Å². The smallest absolute Gasteiger partial charge is 0.416 e. The first-order valence-corrected chi connectivity index (χ1v) is 7.16. The molecule has 0 radical (unpaired) electrons. The molecule has 7 nitrogen and oxygen atoms in total. The number of rotatable bonds is 7. The molecule has 0 aliphatic heterocycles. The standard InChI is InChI=1S/C15H17F3N2O5/c1-2-25-11(21)7-10(13(19)23)20-14(24)12(22)8-3-5-9(6-4-8)15(16,17)18/h3-6,10,12,22H,2,7H2,1H3,(H2,19,23)(H,20,24)/t10-,12-/m0/s1. The van der Waals surface area contributed by atoms with Crippen molar-refractivity contribution in [2.75, 3.05) is 6.61 Å². The van der Waals surface area contributed by atoms with E-state index in [9.17, 15) is 32.7 Å². The Bertz CT molecular complexity index is 631. The van der Waals surface area contributed by atoms with E-state index < -0.39 is 48.1 Å². The van der Waals surface area contributed by atoms with Gasteiger partial charge in [0, 0.05) is 0 Å². The summed E-state index contributed by atoms with van der Waals surface area (Å²) in [5.74, 6) is -2.90. The van der Waals surface area contributed by atoms with Crippen LogP contribution in [0.25, 0.3) is 0 Å². The Morgan fingerprint density at radius 3 is 2.24 bits per heavy atom. The van der Waals surface area contributed by atoms with Crippen molar-refractivity contribution in [3.05, 3.63) is 35.4 Å². The number of carbonyl (C=O) groups excluding carboxylic acids is 3. The molecule has 25 heavy (non-hydrogen) atoms. The third-order valence-corrected chi connectivity index (χ3v) is 3.14. The lowest BCUT2D eigenvalue weighted by molar-refractivity contribution is -0.145. The Kier molecular flexibility index (Phi) is 6.92. The average Bonchev–Trinajstić information content (AvgIpc) is 2.52. The van der Waals surface area contributed by atoms with Gasteiger partial charge in [-0.2, -0.15) is 13.2 Å². The summed E-state index contributed by atoms with van der Waals surface area (Å²) in [5, 5.41) is 12.0. The molecule has 0 heterocycles. The molecule has 4 N–H and O–H groups in total. The molecule has 0 aliphatic rings. The van der Waals surface area contributed by atoms with Crippen LogP contribution in [-0.2, 0) is 25.3 Å². The van der Waals surface area contributed by atoms with Crippen LogP contribution in [-0.4, -0.2) is 35.5 Å². The number of halogens is 3. The lowest BCUT2D eigenvalue weighted by Crippen LogP contribution is -2.47. The van der Waals surface area contributed by atoms with Crippen LogP contribution in [0.3, 0.4) is 0 Å². The summed E-state index contributed by atoms with van der Waals surface area (Å²) in [6, 6.07) is 1.84. The molecule has 0 fully saturated rings. The highest BCUT2D eigenvalue weighted by molar-refractivity contribution is 5.91. The summed E-state index contributed by atoms with van der Waals surface area (Å²) < 4.78 is 42.1. The third kappa shape index (κ3) is 6.07. The van der Waals surface area contributed by atoms with E-state index >= 15 is 0 Å². The molecule has 2 amide bonds. The fourth-order valence-electron chi connectivity index (χ4n) is 1.87. The summed E-state index contributed by atoms with van der Waals surface area (Å²) in [7, 11) is 0. The van der Waals surface area contributed by atoms with E-state index in [4.69, 9.17) is 5.73 Å². The van der Waals surface area contributed by atoms with Crippen LogP contribution in [0.5, 0.6) is 0 Å². The van der Waals surface area contributed by atoms with Crippen molar-refractivity contribution in [1.29, 1.82) is 0 Å². The Morgan fingerprint density at radius 1 is 1.24 bits per heavy atom. The van der Waals surface area contributed by atoms with Crippen LogP contribution in [0.4, 0.5) is 13.2 Å². The number of ether oxygens (including phenoxy) is 1. The number of alkyl halides is 3. The number of nitrogens with two attached hydrogens (primary N) is 1. The van der Waals surface area contributed by atoms with Gasteiger partial charge in [-0.1, -0.05) is 12.1 Å². The molecule has 0 saturated heterocycles. The first kappa shape index (κ1) is 20.4. The van der Waals surface area contributed by atoms with Crippen molar-refractivity contribution < 1.29 is 37.4 Å². The minimum atomic E-state index is -4.55. The molecule has 0 unspecified atom stereocenters. The maximum absolute atomic E-state index is 12.5. The van der Waals surface area contributed by atoms with Gasteiger partial charge in [-0.25, -0.2) is 0 Å². The summed E-state index contributed by atoms with van der Waals surface area (Å²) in [5.41, 5.74) is 4.00. The van der Waals surface area contributed by atoms with E-state index in [1.165, 1.54) is 0 Å². The van der Waals surface area contributed by atoms with Crippen molar-refractivity contribution in [3.8, 4) is 0 Å².